The molecule has 0 saturated carbocycles. The highest BCUT2D eigenvalue weighted by Crippen LogP contribution is 2.38. The average Bonchev–Trinajstić information content (AvgIpc) is 3.46. The molecule has 1 amide bonds. The highest BCUT2D eigenvalue weighted by molar-refractivity contribution is 5.92. The van der Waals surface area contributed by atoms with E-state index in [1.807, 2.05) is 48.5 Å². The summed E-state index contributed by atoms with van der Waals surface area (Å²) in [6.45, 7) is 2.42. The van der Waals surface area contributed by atoms with Gasteiger partial charge in [0.05, 0.1) is 24.3 Å². The number of hydrogen-bond donors (Lipinski definition) is 4. The predicted octanol–water partition coefficient (Wildman–Crippen LogP) is 6.09. The van der Waals surface area contributed by atoms with Crippen molar-refractivity contribution in [2.45, 2.75) is 70.4 Å². The molecule has 9 nitrogen and oxygen atoms in total. The molecule has 244 valence electrons. The molecule has 1 aliphatic heterocycles. The number of likely N-dealkylation sites (tertiary alicyclic amines) is 1. The zero-order chi connectivity index (χ0) is 33.1. The van der Waals surface area contributed by atoms with Gasteiger partial charge in [-0.1, -0.05) is 65.8 Å². The molecule has 0 bridgehead atoms. The fraction of sp³-hybridized carbons (Fsp3) is 0.389. The van der Waals surface area contributed by atoms with Crippen molar-refractivity contribution in [2.75, 3.05) is 6.54 Å². The van der Waals surface area contributed by atoms with Crippen LogP contribution in [0.2, 0.25) is 0 Å². The van der Waals surface area contributed by atoms with Crippen LogP contribution in [-0.2, 0) is 20.8 Å². The van der Waals surface area contributed by atoms with Gasteiger partial charge in [-0.25, -0.2) is 4.39 Å². The fourth-order valence-electron chi connectivity index (χ4n) is 6.00. The van der Waals surface area contributed by atoms with Crippen LogP contribution < -0.4 is 0 Å². The molecular weight excluding hydrogens is 589 g/mol. The first-order valence-electron chi connectivity index (χ1n) is 15.7. The van der Waals surface area contributed by atoms with Crippen molar-refractivity contribution in [3.8, 4) is 0 Å². The number of aliphatic hydroxyl groups is 1. The molecule has 4 rings (SSSR count). The van der Waals surface area contributed by atoms with Crippen molar-refractivity contribution in [3.63, 3.8) is 0 Å². The summed E-state index contributed by atoms with van der Waals surface area (Å²) >= 11 is 0. The first-order chi connectivity index (χ1) is 22.2. The molecule has 4 N–H and O–H groups in total. The van der Waals surface area contributed by atoms with Crippen LogP contribution in [0, 0.1) is 17.7 Å². The van der Waals surface area contributed by atoms with E-state index < -0.39 is 24.0 Å². The summed E-state index contributed by atoms with van der Waals surface area (Å²) in [5, 5.41) is 35.9. The van der Waals surface area contributed by atoms with E-state index in [1.54, 1.807) is 12.1 Å². The Labute approximate surface area is 268 Å². The number of nitrogens with one attached hydrogen (secondary N) is 1. The second kappa shape index (κ2) is 16.7. The highest BCUT2D eigenvalue weighted by atomic mass is 19.1. The number of amides is 1. The van der Waals surface area contributed by atoms with E-state index in [1.165, 1.54) is 12.1 Å². The maximum atomic E-state index is 13.5. The molecule has 1 aromatic heterocycles. The summed E-state index contributed by atoms with van der Waals surface area (Å²) in [6, 6.07) is 5.55. The Bertz CT molecular complexity index is 1490. The van der Waals surface area contributed by atoms with Crippen LogP contribution in [-0.4, -0.2) is 60.8 Å². The Balaban J connectivity index is 1.42. The van der Waals surface area contributed by atoms with Crippen LogP contribution in [0.5, 0.6) is 0 Å². The number of carboxylic acids is 2. The van der Waals surface area contributed by atoms with Gasteiger partial charge in [0.2, 0.25) is 5.91 Å². The van der Waals surface area contributed by atoms with Crippen molar-refractivity contribution in [3.05, 3.63) is 113 Å². The number of benzene rings is 1. The number of H-pyrrole nitrogens is 1. The zero-order valence-corrected chi connectivity index (χ0v) is 26.0. The van der Waals surface area contributed by atoms with E-state index in [0.717, 1.165) is 35.1 Å². The smallest absolute Gasteiger partial charge is 0.317 e. The number of halogens is 1. The third-order valence-corrected chi connectivity index (χ3v) is 8.70. The lowest BCUT2D eigenvalue weighted by Gasteiger charge is -2.48. The van der Waals surface area contributed by atoms with Crippen LogP contribution in [0.15, 0.2) is 95.9 Å². The van der Waals surface area contributed by atoms with Gasteiger partial charge in [0.15, 0.2) is 5.92 Å². The minimum absolute atomic E-state index is 0.0153. The maximum absolute atomic E-state index is 13.5. The number of carbonyl (C=O) groups is 3. The topological polar surface area (TPSA) is 144 Å². The molecule has 46 heavy (non-hydrogen) atoms. The number of nitrogens with zero attached hydrogens (tertiary/aromatic N) is 2. The van der Waals surface area contributed by atoms with Crippen molar-refractivity contribution >= 4 is 17.8 Å². The van der Waals surface area contributed by atoms with Crippen LogP contribution in [0.3, 0.4) is 0 Å². The van der Waals surface area contributed by atoms with Gasteiger partial charge in [0.25, 0.3) is 0 Å². The molecule has 1 saturated heterocycles. The molecule has 10 heteroatoms. The van der Waals surface area contributed by atoms with Crippen molar-refractivity contribution in [2.24, 2.45) is 11.8 Å². The van der Waals surface area contributed by atoms with Gasteiger partial charge in [-0.15, -0.1) is 0 Å². The van der Waals surface area contributed by atoms with Crippen molar-refractivity contribution in [1.29, 1.82) is 0 Å². The quantitative estimate of drug-likeness (QED) is 0.0939. The first-order valence-corrected chi connectivity index (χ1v) is 15.7. The highest BCUT2D eigenvalue weighted by Gasteiger charge is 2.47. The molecule has 1 aliphatic carbocycles. The molecule has 2 heterocycles. The molecule has 0 spiro atoms. The lowest BCUT2D eigenvalue weighted by Crippen LogP contribution is -2.61. The van der Waals surface area contributed by atoms with Gasteiger partial charge in [-0.2, -0.15) is 5.10 Å². The van der Waals surface area contributed by atoms with Crippen LogP contribution in [0.4, 0.5) is 4.39 Å². The number of allylic oxidation sites excluding steroid dienone is 7. The number of carbonyl (C=O) groups excluding carboxylic acids is 1. The van der Waals surface area contributed by atoms with Gasteiger partial charge in [-0.05, 0) is 87.1 Å². The second-order valence-corrected chi connectivity index (χ2v) is 11.7. The van der Waals surface area contributed by atoms with Crippen molar-refractivity contribution in [1.82, 2.24) is 15.1 Å². The lowest BCUT2D eigenvalue weighted by molar-refractivity contribution is -0.155. The van der Waals surface area contributed by atoms with E-state index in [-0.39, 0.29) is 30.1 Å². The number of aromatic nitrogens is 2. The number of aryl methyl sites for hydroxylation is 1. The van der Waals surface area contributed by atoms with E-state index in [4.69, 9.17) is 10.2 Å². The Hall–Kier alpha value is -4.57. The minimum Gasteiger partial charge on any atom is -0.481 e. The number of β-lactam (4-membered cyclic amide) rings is 1. The number of hydrogen-bond acceptors (Lipinski definition) is 5. The molecule has 3 atom stereocenters. The molecular formula is C36H42FN3O6. The van der Waals surface area contributed by atoms with Gasteiger partial charge < -0.3 is 20.2 Å². The summed E-state index contributed by atoms with van der Waals surface area (Å²) < 4.78 is 13.4. The lowest BCUT2D eigenvalue weighted by atomic mass is 9.78. The average molecular weight is 632 g/mol. The number of carboxylic acid groups (broad SMARTS) is 2. The SMILES string of the molecule is CC=C(C=CCN1C(=O)C(CCC(O)c2ccc(F)cc2)C1C1=CCC=C(CCCC(C(=O)O)C(=O)O)C=C1)CCc1cn[nH]c1. The monoisotopic (exact) mass is 631 g/mol. The zero-order valence-electron chi connectivity index (χ0n) is 26.0. The van der Waals surface area contributed by atoms with Gasteiger partial charge in [0.1, 0.15) is 5.82 Å². The van der Waals surface area contributed by atoms with E-state index in [9.17, 15) is 23.9 Å². The molecule has 2 aromatic rings. The third kappa shape index (κ3) is 9.23. The Morgan fingerprint density at radius 3 is 2.54 bits per heavy atom. The largest absolute Gasteiger partial charge is 0.481 e. The Morgan fingerprint density at radius 2 is 1.87 bits per heavy atom. The summed E-state index contributed by atoms with van der Waals surface area (Å²) in [4.78, 5) is 37.8. The van der Waals surface area contributed by atoms with E-state index in [0.29, 0.717) is 44.2 Å². The van der Waals surface area contributed by atoms with E-state index in [2.05, 4.69) is 28.4 Å². The third-order valence-electron chi connectivity index (χ3n) is 8.70. The number of aromatic amines is 1. The van der Waals surface area contributed by atoms with Crippen LogP contribution >= 0.6 is 0 Å². The predicted molar refractivity (Wildman–Crippen MR) is 172 cm³/mol. The van der Waals surface area contributed by atoms with Crippen LogP contribution in [0.25, 0.3) is 0 Å². The minimum atomic E-state index is -1.42. The van der Waals surface area contributed by atoms with Crippen molar-refractivity contribution < 1.29 is 34.1 Å². The maximum Gasteiger partial charge on any atom is 0.317 e. The second-order valence-electron chi connectivity index (χ2n) is 11.7. The summed E-state index contributed by atoms with van der Waals surface area (Å²) in [6.07, 6.45) is 21.2. The normalized spacial score (nSPS) is 19.2. The first kappa shape index (κ1) is 34.3. The Morgan fingerprint density at radius 1 is 1.11 bits per heavy atom. The molecule has 1 fully saturated rings. The Kier molecular flexibility index (Phi) is 12.4. The van der Waals surface area contributed by atoms with Gasteiger partial charge >= 0.3 is 11.9 Å². The number of aliphatic carboxylic acids is 2. The number of rotatable bonds is 17. The number of aliphatic hydroxyl groups excluding tert-OH is 1. The van der Waals surface area contributed by atoms with Crippen LogP contribution in [0.1, 0.15) is 69.1 Å². The van der Waals surface area contributed by atoms with Gasteiger partial charge in [0, 0.05) is 12.7 Å². The molecule has 2 aliphatic rings. The molecule has 1 aromatic carbocycles. The molecule has 0 radical (unpaired) electrons. The van der Waals surface area contributed by atoms with E-state index >= 15 is 0 Å². The summed E-state index contributed by atoms with van der Waals surface area (Å²) in [7, 11) is 0. The van der Waals surface area contributed by atoms with Gasteiger partial charge in [-0.3, -0.25) is 19.5 Å². The summed E-state index contributed by atoms with van der Waals surface area (Å²) in [5.41, 5.74) is 4.85. The fourth-order valence-corrected chi connectivity index (χ4v) is 6.00. The summed E-state index contributed by atoms with van der Waals surface area (Å²) in [5.74, 6) is -4.77. The molecule has 3 unspecified atom stereocenters. The standard InChI is InChI=1S/C36H42FN3O6/c1-2-24(11-12-26-22-38-39-23-26)8-5-21-40-33(30(34(40)42)19-20-32(41)27-15-17-29(37)18-16-27)28-9-3-6-25(13-14-28)7-4-10-31(35(43)44)36(45)46/h2,5-6,8-9,13-18,22-23,30-33,41H,3-4,7,10-12,19-21H2,1H3,(H,38,39)(H,43,44)(H,45,46).